The number of carbonyl (C=O) groups excluding carboxylic acids is 1. The smallest absolute Gasteiger partial charge is 0.226 e. The predicted octanol–water partition coefficient (Wildman–Crippen LogP) is 3.63. The molecule has 5 nitrogen and oxygen atoms in total. The minimum absolute atomic E-state index is 0.0364. The van der Waals surface area contributed by atoms with Crippen LogP contribution < -0.4 is 14.8 Å². The van der Waals surface area contributed by atoms with Crippen LogP contribution in [-0.4, -0.2) is 24.5 Å². The molecule has 0 aliphatic rings. The Hall–Kier alpha value is -2.86. The highest BCUT2D eigenvalue weighted by Crippen LogP contribution is 2.17. The molecule has 0 aliphatic heterocycles. The lowest BCUT2D eigenvalue weighted by Crippen LogP contribution is -2.27. The summed E-state index contributed by atoms with van der Waals surface area (Å²) in [6.07, 6.45) is 0.997. The topological polar surface area (TPSA) is 60.5 Å². The third kappa shape index (κ3) is 5.82. The van der Waals surface area contributed by atoms with E-state index < -0.39 is 0 Å². The molecular weight excluding hydrogens is 360 g/mol. The van der Waals surface area contributed by atoms with Gasteiger partial charge in [-0.2, -0.15) is 0 Å². The summed E-state index contributed by atoms with van der Waals surface area (Å²) in [5, 5.41) is 5.70. The molecule has 0 saturated heterocycles. The first-order valence-corrected chi connectivity index (χ1v) is 9.62. The highest BCUT2D eigenvalue weighted by Gasteiger charge is 2.09. The van der Waals surface area contributed by atoms with Crippen LogP contribution in [0.1, 0.15) is 16.3 Å². The standard InChI is InChI=1S/C21H22N2O3S/c1-25-19-10-6-5-7-16(19)11-12-22-20(24)13-17-15-27-21(23-17)14-26-18-8-3-2-4-9-18/h2-10,15H,11-14H2,1H3,(H,22,24). The first-order valence-electron chi connectivity index (χ1n) is 8.74. The number of ether oxygens (including phenoxy) is 2. The Labute approximate surface area is 163 Å². The summed E-state index contributed by atoms with van der Waals surface area (Å²) < 4.78 is 11.0. The van der Waals surface area contributed by atoms with Crippen LogP contribution in [0.2, 0.25) is 0 Å². The van der Waals surface area contributed by atoms with Gasteiger partial charge in [-0.1, -0.05) is 36.4 Å². The molecule has 3 aromatic rings. The summed E-state index contributed by atoms with van der Waals surface area (Å²) in [6, 6.07) is 17.4. The second kappa shape index (κ2) is 9.73. The maximum absolute atomic E-state index is 12.1. The zero-order chi connectivity index (χ0) is 18.9. The summed E-state index contributed by atoms with van der Waals surface area (Å²) in [7, 11) is 1.65. The van der Waals surface area contributed by atoms with Crippen molar-refractivity contribution in [2.75, 3.05) is 13.7 Å². The highest BCUT2D eigenvalue weighted by molar-refractivity contribution is 7.09. The van der Waals surface area contributed by atoms with Crippen LogP contribution in [0.15, 0.2) is 60.0 Å². The van der Waals surface area contributed by atoms with E-state index in [1.54, 1.807) is 7.11 Å². The summed E-state index contributed by atoms with van der Waals surface area (Å²) >= 11 is 1.50. The van der Waals surface area contributed by atoms with E-state index >= 15 is 0 Å². The lowest BCUT2D eigenvalue weighted by atomic mass is 10.1. The predicted molar refractivity (Wildman–Crippen MR) is 106 cm³/mol. The second-order valence-corrected chi connectivity index (χ2v) is 6.87. The lowest BCUT2D eigenvalue weighted by Gasteiger charge is -2.08. The number of benzene rings is 2. The van der Waals surface area contributed by atoms with Gasteiger partial charge in [0.15, 0.2) is 0 Å². The Morgan fingerprint density at radius 1 is 1.11 bits per heavy atom. The Kier molecular flexibility index (Phi) is 6.82. The molecule has 0 fully saturated rings. The fourth-order valence-corrected chi connectivity index (χ4v) is 3.34. The number of hydrogen-bond acceptors (Lipinski definition) is 5. The summed E-state index contributed by atoms with van der Waals surface area (Å²) in [4.78, 5) is 16.6. The van der Waals surface area contributed by atoms with Crippen molar-refractivity contribution in [3.05, 3.63) is 76.2 Å². The molecular formula is C21H22N2O3S. The number of nitrogens with one attached hydrogen (secondary N) is 1. The van der Waals surface area contributed by atoms with Crippen molar-refractivity contribution in [1.82, 2.24) is 10.3 Å². The van der Waals surface area contributed by atoms with Gasteiger partial charge in [0.25, 0.3) is 0 Å². The van der Waals surface area contributed by atoms with Gasteiger partial charge < -0.3 is 14.8 Å². The molecule has 0 radical (unpaired) electrons. The molecule has 6 heteroatoms. The number of para-hydroxylation sites is 2. The molecule has 1 N–H and O–H groups in total. The van der Waals surface area contributed by atoms with Gasteiger partial charge in [-0.05, 0) is 30.2 Å². The van der Waals surface area contributed by atoms with Crippen molar-refractivity contribution >= 4 is 17.2 Å². The summed E-state index contributed by atoms with van der Waals surface area (Å²) in [5.41, 5.74) is 1.84. The number of thiazole rings is 1. The largest absolute Gasteiger partial charge is 0.496 e. The van der Waals surface area contributed by atoms with E-state index in [4.69, 9.17) is 9.47 Å². The summed E-state index contributed by atoms with van der Waals surface area (Å²) in [6.45, 7) is 0.970. The van der Waals surface area contributed by atoms with Crippen LogP contribution in [0.5, 0.6) is 11.5 Å². The Morgan fingerprint density at radius 2 is 1.89 bits per heavy atom. The number of aromatic nitrogens is 1. The van der Waals surface area contributed by atoms with Gasteiger partial charge in [-0.15, -0.1) is 11.3 Å². The van der Waals surface area contributed by atoms with Gasteiger partial charge in [0.1, 0.15) is 23.1 Å². The molecule has 1 amide bonds. The molecule has 1 aromatic heterocycles. The molecule has 2 aromatic carbocycles. The van der Waals surface area contributed by atoms with E-state index in [-0.39, 0.29) is 12.3 Å². The summed E-state index contributed by atoms with van der Waals surface area (Å²) in [5.74, 6) is 1.61. The molecule has 1 heterocycles. The van der Waals surface area contributed by atoms with E-state index in [2.05, 4.69) is 10.3 Å². The van der Waals surface area contributed by atoms with Crippen molar-refractivity contribution in [1.29, 1.82) is 0 Å². The van der Waals surface area contributed by atoms with Crippen molar-refractivity contribution < 1.29 is 14.3 Å². The van der Waals surface area contributed by atoms with Crippen LogP contribution in [0.3, 0.4) is 0 Å². The quantitative estimate of drug-likeness (QED) is 0.614. The third-order valence-corrected chi connectivity index (χ3v) is 4.83. The van der Waals surface area contributed by atoms with E-state index in [0.29, 0.717) is 13.2 Å². The van der Waals surface area contributed by atoms with Gasteiger partial charge >= 0.3 is 0 Å². The molecule has 0 saturated carbocycles. The average molecular weight is 382 g/mol. The van der Waals surface area contributed by atoms with Crippen LogP contribution >= 0.6 is 11.3 Å². The number of hydrogen-bond donors (Lipinski definition) is 1. The average Bonchev–Trinajstić information content (AvgIpc) is 3.15. The normalized spacial score (nSPS) is 10.4. The molecule has 0 bridgehead atoms. The fraction of sp³-hybridized carbons (Fsp3) is 0.238. The Balaban J connectivity index is 1.42. The van der Waals surface area contributed by atoms with E-state index in [1.807, 2.05) is 60.0 Å². The highest BCUT2D eigenvalue weighted by atomic mass is 32.1. The first-order chi connectivity index (χ1) is 13.2. The van der Waals surface area contributed by atoms with Crippen LogP contribution in [0.4, 0.5) is 0 Å². The minimum atomic E-state index is -0.0364. The number of amides is 1. The monoisotopic (exact) mass is 382 g/mol. The third-order valence-electron chi connectivity index (χ3n) is 3.96. The van der Waals surface area contributed by atoms with Gasteiger partial charge in [-0.25, -0.2) is 4.98 Å². The molecule has 0 spiro atoms. The maximum Gasteiger partial charge on any atom is 0.226 e. The minimum Gasteiger partial charge on any atom is -0.496 e. The zero-order valence-corrected chi connectivity index (χ0v) is 16.0. The Bertz CT molecular complexity index is 865. The maximum atomic E-state index is 12.1. The molecule has 3 rings (SSSR count). The van der Waals surface area contributed by atoms with Gasteiger partial charge in [0.2, 0.25) is 5.91 Å². The molecule has 27 heavy (non-hydrogen) atoms. The fourth-order valence-electron chi connectivity index (χ4n) is 2.63. The number of nitrogens with zero attached hydrogens (tertiary/aromatic N) is 1. The first kappa shape index (κ1) is 18.9. The molecule has 0 aliphatic carbocycles. The van der Waals surface area contributed by atoms with Gasteiger partial charge in [0.05, 0.1) is 19.2 Å². The van der Waals surface area contributed by atoms with E-state index in [0.717, 1.165) is 34.2 Å². The van der Waals surface area contributed by atoms with Crippen molar-refractivity contribution in [3.63, 3.8) is 0 Å². The number of rotatable bonds is 9. The molecule has 0 unspecified atom stereocenters. The van der Waals surface area contributed by atoms with Gasteiger partial charge in [-0.3, -0.25) is 4.79 Å². The van der Waals surface area contributed by atoms with Crippen molar-refractivity contribution in [2.24, 2.45) is 0 Å². The van der Waals surface area contributed by atoms with E-state index in [1.165, 1.54) is 11.3 Å². The van der Waals surface area contributed by atoms with Crippen molar-refractivity contribution in [3.8, 4) is 11.5 Å². The van der Waals surface area contributed by atoms with E-state index in [9.17, 15) is 4.79 Å². The van der Waals surface area contributed by atoms with Crippen LogP contribution in [-0.2, 0) is 24.2 Å². The number of carbonyl (C=O) groups is 1. The second-order valence-electron chi connectivity index (χ2n) is 5.92. The Morgan fingerprint density at radius 3 is 2.70 bits per heavy atom. The van der Waals surface area contributed by atoms with Crippen LogP contribution in [0, 0.1) is 0 Å². The SMILES string of the molecule is COc1ccccc1CCNC(=O)Cc1csc(COc2ccccc2)n1. The zero-order valence-electron chi connectivity index (χ0n) is 15.2. The van der Waals surface area contributed by atoms with Gasteiger partial charge in [0, 0.05) is 11.9 Å². The van der Waals surface area contributed by atoms with Crippen LogP contribution in [0.25, 0.3) is 0 Å². The molecule has 0 atom stereocenters. The van der Waals surface area contributed by atoms with Crippen molar-refractivity contribution in [2.45, 2.75) is 19.4 Å². The lowest BCUT2D eigenvalue weighted by molar-refractivity contribution is -0.120. The number of methoxy groups -OCH3 is 1. The molecule has 140 valence electrons.